The molecule has 0 saturated carbocycles. The van der Waals surface area contributed by atoms with E-state index in [1.54, 1.807) is 0 Å². The molecule has 0 N–H and O–H groups in total. The van der Waals surface area contributed by atoms with Crippen LogP contribution in [0.15, 0.2) is 12.1 Å². The molecule has 84 valence electrons. The first kappa shape index (κ1) is 12.1. The number of rotatable bonds is 4. The van der Waals surface area contributed by atoms with Gasteiger partial charge in [0.15, 0.2) is 0 Å². The average molecular weight is 230 g/mol. The predicted molar refractivity (Wildman–Crippen MR) is 60.2 cm³/mol. The van der Waals surface area contributed by atoms with E-state index in [1.807, 2.05) is 26.0 Å². The fraction of sp³-hybridized carbons (Fsp3) is 0.545. The van der Waals surface area contributed by atoms with Crippen LogP contribution in [0.25, 0.3) is 0 Å². The zero-order valence-corrected chi connectivity index (χ0v) is 10.0. The van der Waals surface area contributed by atoms with E-state index >= 15 is 0 Å². The van der Waals surface area contributed by atoms with Gasteiger partial charge in [0.25, 0.3) is 0 Å². The van der Waals surface area contributed by atoms with Gasteiger partial charge in [-0.2, -0.15) is 0 Å². The van der Waals surface area contributed by atoms with Crippen molar-refractivity contribution in [3.05, 3.63) is 23.5 Å². The summed E-state index contributed by atoms with van der Waals surface area (Å²) in [7, 11) is 0. The molecule has 1 rings (SSSR count). The van der Waals surface area contributed by atoms with Gasteiger partial charge in [-0.25, -0.2) is 0 Å². The summed E-state index contributed by atoms with van der Waals surface area (Å²) in [6, 6.07) is 4.07. The molecule has 0 radical (unpaired) electrons. The molecule has 1 aromatic rings. The number of nitrogens with zero attached hydrogens (tertiary/aromatic N) is 1. The van der Waals surface area contributed by atoms with Crippen LogP contribution >= 0.6 is 11.6 Å². The van der Waals surface area contributed by atoms with Gasteiger partial charge in [-0.15, -0.1) is 11.6 Å². The van der Waals surface area contributed by atoms with Crippen molar-refractivity contribution in [3.8, 4) is 0 Å². The number of hydrogen-bond acceptors (Lipinski definition) is 2. The molecule has 4 heteroatoms. The fourth-order valence-corrected chi connectivity index (χ4v) is 1.70. The van der Waals surface area contributed by atoms with Gasteiger partial charge in [0.2, 0.25) is 0 Å². The number of carbonyl (C=O) groups excluding carboxylic acids is 1. The summed E-state index contributed by atoms with van der Waals surface area (Å²) in [5.41, 5.74) is 2.30. The maximum Gasteiger partial charge on any atom is 0.303 e. The Balaban J connectivity index is 2.70. The van der Waals surface area contributed by atoms with Crippen molar-refractivity contribution >= 4 is 17.6 Å². The van der Waals surface area contributed by atoms with Crippen LogP contribution in [-0.2, 0) is 16.1 Å². The maximum absolute atomic E-state index is 10.8. The molecule has 15 heavy (non-hydrogen) atoms. The first-order valence-electron chi connectivity index (χ1n) is 4.90. The van der Waals surface area contributed by atoms with Gasteiger partial charge in [-0.3, -0.25) is 4.79 Å². The van der Waals surface area contributed by atoms with Crippen LogP contribution in [0.1, 0.15) is 18.3 Å². The lowest BCUT2D eigenvalue weighted by atomic mass is 10.3. The molecular weight excluding hydrogens is 214 g/mol. The van der Waals surface area contributed by atoms with Crippen molar-refractivity contribution in [1.82, 2.24) is 4.57 Å². The summed E-state index contributed by atoms with van der Waals surface area (Å²) < 4.78 is 7.18. The van der Waals surface area contributed by atoms with Crippen molar-refractivity contribution in [2.24, 2.45) is 0 Å². The van der Waals surface area contributed by atoms with E-state index in [4.69, 9.17) is 16.3 Å². The maximum atomic E-state index is 10.8. The summed E-state index contributed by atoms with van der Waals surface area (Å²) in [6.45, 7) is 6.06. The smallest absolute Gasteiger partial charge is 0.303 e. The number of halogens is 1. The Labute approximate surface area is 95.0 Å². The fourth-order valence-electron chi connectivity index (χ4n) is 1.54. The predicted octanol–water partition coefficient (Wildman–Crippen LogP) is 2.28. The molecule has 3 nitrogen and oxygen atoms in total. The Morgan fingerprint density at radius 2 is 2.00 bits per heavy atom. The molecule has 0 bridgehead atoms. The van der Waals surface area contributed by atoms with Gasteiger partial charge in [0.05, 0.1) is 12.4 Å². The van der Waals surface area contributed by atoms with Crippen LogP contribution in [0.3, 0.4) is 0 Å². The summed E-state index contributed by atoms with van der Waals surface area (Å²) in [5.74, 6) is 0.0273. The monoisotopic (exact) mass is 229 g/mol. The lowest BCUT2D eigenvalue weighted by Crippen LogP contribution is -2.25. The Morgan fingerprint density at radius 1 is 1.47 bits per heavy atom. The van der Waals surface area contributed by atoms with Gasteiger partial charge in [-0.1, -0.05) is 0 Å². The molecule has 1 aromatic heterocycles. The SMILES string of the molecule is CC(=O)O[C@H](CCl)Cn1c(C)ccc1C. The van der Waals surface area contributed by atoms with Crippen molar-refractivity contribution < 1.29 is 9.53 Å². The van der Waals surface area contributed by atoms with Crippen LogP contribution in [0, 0.1) is 13.8 Å². The number of aromatic nitrogens is 1. The zero-order chi connectivity index (χ0) is 11.4. The Hall–Kier alpha value is -0.960. The third-order valence-corrected chi connectivity index (χ3v) is 2.65. The van der Waals surface area contributed by atoms with E-state index in [9.17, 15) is 4.79 Å². The number of aryl methyl sites for hydroxylation is 2. The van der Waals surface area contributed by atoms with Gasteiger partial charge >= 0.3 is 5.97 Å². The van der Waals surface area contributed by atoms with Crippen molar-refractivity contribution in [2.75, 3.05) is 5.88 Å². The van der Waals surface area contributed by atoms with Crippen LogP contribution < -0.4 is 0 Å². The minimum Gasteiger partial charge on any atom is -0.459 e. The minimum atomic E-state index is -0.289. The van der Waals surface area contributed by atoms with Crippen molar-refractivity contribution in [2.45, 2.75) is 33.4 Å². The zero-order valence-electron chi connectivity index (χ0n) is 9.29. The van der Waals surface area contributed by atoms with E-state index in [0.29, 0.717) is 12.4 Å². The lowest BCUT2D eigenvalue weighted by Gasteiger charge is -2.17. The van der Waals surface area contributed by atoms with Crippen LogP contribution in [-0.4, -0.2) is 22.5 Å². The Kier molecular flexibility index (Phi) is 4.21. The molecule has 0 amide bonds. The average Bonchev–Trinajstić information content (AvgIpc) is 2.47. The van der Waals surface area contributed by atoms with Gasteiger partial charge in [-0.05, 0) is 26.0 Å². The number of carbonyl (C=O) groups is 1. The quantitative estimate of drug-likeness (QED) is 0.586. The third kappa shape index (κ3) is 3.27. The summed E-state index contributed by atoms with van der Waals surface area (Å²) in [4.78, 5) is 10.8. The molecular formula is C11H16ClNO2. The highest BCUT2D eigenvalue weighted by atomic mass is 35.5. The first-order valence-corrected chi connectivity index (χ1v) is 5.44. The molecule has 0 aromatic carbocycles. The molecule has 0 unspecified atom stereocenters. The van der Waals surface area contributed by atoms with Crippen molar-refractivity contribution in [1.29, 1.82) is 0 Å². The molecule has 1 heterocycles. The first-order chi connectivity index (χ1) is 7.04. The largest absolute Gasteiger partial charge is 0.459 e. The second-order valence-electron chi connectivity index (χ2n) is 3.61. The second kappa shape index (κ2) is 5.21. The second-order valence-corrected chi connectivity index (χ2v) is 3.92. The topological polar surface area (TPSA) is 31.2 Å². The molecule has 0 spiro atoms. The van der Waals surface area contributed by atoms with E-state index in [-0.39, 0.29) is 12.1 Å². The highest BCUT2D eigenvalue weighted by molar-refractivity contribution is 6.18. The number of hydrogen-bond donors (Lipinski definition) is 0. The van der Waals surface area contributed by atoms with Gasteiger partial charge < -0.3 is 9.30 Å². The highest BCUT2D eigenvalue weighted by Gasteiger charge is 2.13. The summed E-state index contributed by atoms with van der Waals surface area (Å²) in [6.07, 6.45) is -0.256. The van der Waals surface area contributed by atoms with Crippen molar-refractivity contribution in [3.63, 3.8) is 0 Å². The molecule has 0 aliphatic carbocycles. The minimum absolute atomic E-state index is 0.256. The Morgan fingerprint density at radius 3 is 2.40 bits per heavy atom. The standard InChI is InChI=1S/C11H16ClNO2/c1-8-4-5-9(2)13(8)7-11(6-12)15-10(3)14/h4-5,11H,6-7H2,1-3H3/t11-/m1/s1. The normalized spacial score (nSPS) is 12.5. The van der Waals surface area contributed by atoms with E-state index in [1.165, 1.54) is 6.92 Å². The lowest BCUT2D eigenvalue weighted by molar-refractivity contribution is -0.145. The number of alkyl halides is 1. The summed E-state index contributed by atoms with van der Waals surface area (Å²) in [5, 5.41) is 0. The van der Waals surface area contributed by atoms with Crippen LogP contribution in [0.2, 0.25) is 0 Å². The molecule has 1 atom stereocenters. The molecule has 0 aliphatic rings. The van der Waals surface area contributed by atoms with E-state index < -0.39 is 0 Å². The highest BCUT2D eigenvalue weighted by Crippen LogP contribution is 2.10. The number of ether oxygens (including phenoxy) is 1. The van der Waals surface area contributed by atoms with E-state index in [0.717, 1.165) is 11.4 Å². The van der Waals surface area contributed by atoms with E-state index in [2.05, 4.69) is 4.57 Å². The van der Waals surface area contributed by atoms with Gasteiger partial charge in [0.1, 0.15) is 6.10 Å². The third-order valence-electron chi connectivity index (χ3n) is 2.31. The van der Waals surface area contributed by atoms with Crippen LogP contribution in [0.4, 0.5) is 0 Å². The Bertz CT molecular complexity index is 327. The van der Waals surface area contributed by atoms with Crippen LogP contribution in [0.5, 0.6) is 0 Å². The molecule has 0 saturated heterocycles. The molecule has 0 aliphatic heterocycles. The number of esters is 1. The summed E-state index contributed by atoms with van der Waals surface area (Å²) >= 11 is 5.74. The van der Waals surface area contributed by atoms with Gasteiger partial charge in [0, 0.05) is 18.3 Å². The molecule has 0 fully saturated rings.